The second-order valence-electron chi connectivity index (χ2n) is 4.70. The van der Waals surface area contributed by atoms with Crippen LogP contribution in [0.2, 0.25) is 0 Å². The SMILES string of the molecule is Brc1cc2ccccc2nc1CNCc1ccccc1. The molecule has 20 heavy (non-hydrogen) atoms. The van der Waals surface area contributed by atoms with Gasteiger partial charge in [-0.25, -0.2) is 0 Å². The van der Waals surface area contributed by atoms with Crippen molar-refractivity contribution in [2.45, 2.75) is 13.1 Å². The zero-order chi connectivity index (χ0) is 13.8. The van der Waals surface area contributed by atoms with Crippen LogP contribution in [0.25, 0.3) is 10.9 Å². The average molecular weight is 327 g/mol. The number of aromatic nitrogens is 1. The topological polar surface area (TPSA) is 24.9 Å². The molecular formula is C17H15BrN2. The minimum Gasteiger partial charge on any atom is -0.307 e. The molecular weight excluding hydrogens is 312 g/mol. The predicted molar refractivity (Wildman–Crippen MR) is 86.4 cm³/mol. The summed E-state index contributed by atoms with van der Waals surface area (Å²) in [7, 11) is 0. The minimum absolute atomic E-state index is 0.750. The Hall–Kier alpha value is -1.71. The molecule has 0 spiro atoms. The highest BCUT2D eigenvalue weighted by molar-refractivity contribution is 9.10. The van der Waals surface area contributed by atoms with E-state index in [2.05, 4.69) is 57.6 Å². The number of halogens is 1. The van der Waals surface area contributed by atoms with Crippen LogP contribution >= 0.6 is 15.9 Å². The molecule has 0 fully saturated rings. The first-order chi connectivity index (χ1) is 9.83. The fourth-order valence-electron chi connectivity index (χ4n) is 2.18. The van der Waals surface area contributed by atoms with E-state index in [-0.39, 0.29) is 0 Å². The molecule has 0 bridgehead atoms. The van der Waals surface area contributed by atoms with Gasteiger partial charge in [0.25, 0.3) is 0 Å². The third-order valence-corrected chi connectivity index (χ3v) is 3.90. The first kappa shape index (κ1) is 13.3. The van der Waals surface area contributed by atoms with Crippen LogP contribution in [-0.4, -0.2) is 4.98 Å². The molecule has 3 heteroatoms. The van der Waals surface area contributed by atoms with Crippen LogP contribution in [0, 0.1) is 0 Å². The predicted octanol–water partition coefficient (Wildman–Crippen LogP) is 4.29. The molecule has 0 saturated carbocycles. The van der Waals surface area contributed by atoms with Crippen molar-refractivity contribution in [3.8, 4) is 0 Å². The van der Waals surface area contributed by atoms with E-state index in [1.807, 2.05) is 24.3 Å². The van der Waals surface area contributed by atoms with Crippen LogP contribution in [0.4, 0.5) is 0 Å². The summed E-state index contributed by atoms with van der Waals surface area (Å²) in [5.74, 6) is 0. The van der Waals surface area contributed by atoms with E-state index in [4.69, 9.17) is 4.98 Å². The van der Waals surface area contributed by atoms with Crippen molar-refractivity contribution >= 4 is 26.8 Å². The molecule has 2 nitrogen and oxygen atoms in total. The third kappa shape index (κ3) is 3.06. The Bertz CT molecular complexity index is 711. The molecule has 0 radical (unpaired) electrons. The van der Waals surface area contributed by atoms with Gasteiger partial charge in [0.15, 0.2) is 0 Å². The molecule has 0 aliphatic rings. The molecule has 1 heterocycles. The summed E-state index contributed by atoms with van der Waals surface area (Å²) < 4.78 is 1.05. The van der Waals surface area contributed by atoms with Crippen molar-refractivity contribution in [1.29, 1.82) is 0 Å². The number of para-hydroxylation sites is 1. The Balaban J connectivity index is 1.72. The van der Waals surface area contributed by atoms with Crippen LogP contribution in [0.5, 0.6) is 0 Å². The maximum atomic E-state index is 4.70. The van der Waals surface area contributed by atoms with E-state index in [1.54, 1.807) is 0 Å². The van der Waals surface area contributed by atoms with E-state index in [9.17, 15) is 0 Å². The Morgan fingerprint density at radius 2 is 1.65 bits per heavy atom. The summed E-state index contributed by atoms with van der Waals surface area (Å²) in [4.78, 5) is 4.70. The minimum atomic E-state index is 0.750. The molecule has 0 amide bonds. The summed E-state index contributed by atoms with van der Waals surface area (Å²) in [6.07, 6.45) is 0. The molecule has 0 saturated heterocycles. The van der Waals surface area contributed by atoms with Gasteiger partial charge in [-0.1, -0.05) is 48.5 Å². The molecule has 2 aromatic carbocycles. The van der Waals surface area contributed by atoms with Gasteiger partial charge in [-0.15, -0.1) is 0 Å². The largest absolute Gasteiger partial charge is 0.307 e. The van der Waals surface area contributed by atoms with E-state index in [0.717, 1.165) is 34.2 Å². The average Bonchev–Trinajstić information content (AvgIpc) is 2.49. The standard InChI is InChI=1S/C17H15BrN2/c18-15-10-14-8-4-5-9-16(14)20-17(15)12-19-11-13-6-2-1-3-7-13/h1-10,19H,11-12H2. The van der Waals surface area contributed by atoms with E-state index >= 15 is 0 Å². The van der Waals surface area contributed by atoms with Crippen molar-refractivity contribution in [3.63, 3.8) is 0 Å². The van der Waals surface area contributed by atoms with Crippen LogP contribution in [-0.2, 0) is 13.1 Å². The number of benzene rings is 2. The second kappa shape index (κ2) is 6.16. The van der Waals surface area contributed by atoms with E-state index in [1.165, 1.54) is 5.56 Å². The summed E-state index contributed by atoms with van der Waals surface area (Å²) in [5.41, 5.74) is 3.36. The molecule has 0 aliphatic carbocycles. The highest BCUT2D eigenvalue weighted by Gasteiger charge is 2.04. The fourth-order valence-corrected chi connectivity index (χ4v) is 2.65. The van der Waals surface area contributed by atoms with E-state index in [0.29, 0.717) is 0 Å². The van der Waals surface area contributed by atoms with Crippen LogP contribution in [0.1, 0.15) is 11.3 Å². The Labute approximate surface area is 127 Å². The van der Waals surface area contributed by atoms with Gasteiger partial charge in [0.2, 0.25) is 0 Å². The van der Waals surface area contributed by atoms with Crippen molar-refractivity contribution in [2.24, 2.45) is 0 Å². The lowest BCUT2D eigenvalue weighted by Gasteiger charge is -2.08. The van der Waals surface area contributed by atoms with Crippen molar-refractivity contribution in [3.05, 3.63) is 76.4 Å². The zero-order valence-corrected chi connectivity index (χ0v) is 12.6. The molecule has 1 aromatic heterocycles. The summed E-state index contributed by atoms with van der Waals surface area (Å²) in [6.45, 7) is 1.60. The Morgan fingerprint density at radius 1 is 0.900 bits per heavy atom. The number of nitrogens with zero attached hydrogens (tertiary/aromatic N) is 1. The third-order valence-electron chi connectivity index (χ3n) is 3.21. The van der Waals surface area contributed by atoms with Gasteiger partial charge in [0.1, 0.15) is 0 Å². The number of fused-ring (bicyclic) bond motifs is 1. The molecule has 0 unspecified atom stereocenters. The molecule has 3 rings (SSSR count). The highest BCUT2D eigenvalue weighted by atomic mass is 79.9. The summed E-state index contributed by atoms with van der Waals surface area (Å²) >= 11 is 3.60. The van der Waals surface area contributed by atoms with Crippen molar-refractivity contribution in [1.82, 2.24) is 10.3 Å². The zero-order valence-electron chi connectivity index (χ0n) is 11.0. The van der Waals surface area contributed by atoms with Crippen molar-refractivity contribution < 1.29 is 0 Å². The number of hydrogen-bond acceptors (Lipinski definition) is 2. The van der Waals surface area contributed by atoms with Crippen LogP contribution < -0.4 is 5.32 Å². The Kier molecular flexibility index (Phi) is 4.09. The van der Waals surface area contributed by atoms with E-state index < -0.39 is 0 Å². The van der Waals surface area contributed by atoms with Gasteiger partial charge in [-0.3, -0.25) is 4.98 Å². The maximum absolute atomic E-state index is 4.70. The quantitative estimate of drug-likeness (QED) is 0.773. The molecule has 0 aliphatic heterocycles. The van der Waals surface area contributed by atoms with Crippen LogP contribution in [0.15, 0.2) is 65.1 Å². The summed E-state index contributed by atoms with van der Waals surface area (Å²) in [5, 5.41) is 4.59. The number of nitrogens with one attached hydrogen (secondary N) is 1. The van der Waals surface area contributed by atoms with Gasteiger partial charge < -0.3 is 5.32 Å². The monoisotopic (exact) mass is 326 g/mol. The number of pyridine rings is 1. The second-order valence-corrected chi connectivity index (χ2v) is 5.55. The number of rotatable bonds is 4. The lowest BCUT2D eigenvalue weighted by atomic mass is 10.2. The molecule has 100 valence electrons. The smallest absolute Gasteiger partial charge is 0.0706 e. The normalized spacial score (nSPS) is 10.8. The number of hydrogen-bond donors (Lipinski definition) is 1. The maximum Gasteiger partial charge on any atom is 0.0706 e. The molecule has 3 aromatic rings. The lowest BCUT2D eigenvalue weighted by molar-refractivity contribution is 0.679. The van der Waals surface area contributed by atoms with Gasteiger partial charge in [-0.2, -0.15) is 0 Å². The Morgan fingerprint density at radius 3 is 2.50 bits per heavy atom. The first-order valence-electron chi connectivity index (χ1n) is 6.62. The van der Waals surface area contributed by atoms with Crippen LogP contribution in [0.3, 0.4) is 0 Å². The molecule has 1 N–H and O–H groups in total. The fraction of sp³-hybridized carbons (Fsp3) is 0.118. The van der Waals surface area contributed by atoms with Gasteiger partial charge in [0.05, 0.1) is 11.2 Å². The highest BCUT2D eigenvalue weighted by Crippen LogP contribution is 2.21. The molecule has 0 atom stereocenters. The van der Waals surface area contributed by atoms with Crippen molar-refractivity contribution in [2.75, 3.05) is 0 Å². The summed E-state index contributed by atoms with van der Waals surface area (Å²) in [6, 6.07) is 20.7. The van der Waals surface area contributed by atoms with Gasteiger partial charge in [0, 0.05) is 22.9 Å². The first-order valence-corrected chi connectivity index (χ1v) is 7.41. The van der Waals surface area contributed by atoms with Gasteiger partial charge >= 0.3 is 0 Å². The van der Waals surface area contributed by atoms with Gasteiger partial charge in [-0.05, 0) is 33.6 Å². The lowest BCUT2D eigenvalue weighted by Crippen LogP contribution is -2.14.